The summed E-state index contributed by atoms with van der Waals surface area (Å²) in [5.74, 6) is 0. The fourth-order valence-electron chi connectivity index (χ4n) is 0.905. The highest BCUT2D eigenvalue weighted by molar-refractivity contribution is 14.1. The maximum Gasteiger partial charge on any atom is 0.194 e. The average Bonchev–Trinajstić information content (AvgIpc) is 2.49. The Bertz CT molecular complexity index is 413. The Morgan fingerprint density at radius 2 is 2.33 bits per heavy atom. The minimum atomic E-state index is 0.870. The minimum Gasteiger partial charge on any atom is -0.304 e. The monoisotopic (exact) mass is 292 g/mol. The van der Waals surface area contributed by atoms with Crippen molar-refractivity contribution in [3.63, 3.8) is 0 Å². The molecule has 0 aliphatic heterocycles. The van der Waals surface area contributed by atoms with Crippen LogP contribution in [0.3, 0.4) is 0 Å². The van der Waals surface area contributed by atoms with Crippen LogP contribution in [0.25, 0.3) is 10.3 Å². The Morgan fingerprint density at radius 3 is 3.00 bits per heavy atom. The van der Waals surface area contributed by atoms with E-state index in [2.05, 4.69) is 18.5 Å². The molecule has 0 bridgehead atoms. The third kappa shape index (κ3) is 1.24. The van der Waals surface area contributed by atoms with Crippen molar-refractivity contribution in [2.24, 2.45) is 0 Å². The second kappa shape index (κ2) is 3.09. The molecule has 12 heavy (non-hydrogen) atoms. The van der Waals surface area contributed by atoms with E-state index in [9.17, 15) is 0 Å². The van der Waals surface area contributed by atoms with E-state index in [0.717, 1.165) is 21.2 Å². The first-order valence-corrected chi connectivity index (χ1v) is 5.15. The molecule has 0 saturated carbocycles. The van der Waals surface area contributed by atoms with Crippen molar-refractivity contribution in [1.82, 2.24) is 15.0 Å². The van der Waals surface area contributed by atoms with E-state index in [1.807, 2.05) is 29.8 Å². The molecule has 0 radical (unpaired) electrons. The first kappa shape index (κ1) is 8.11. The van der Waals surface area contributed by atoms with Crippen LogP contribution in [0.2, 0.25) is 0 Å². The fourth-order valence-corrected chi connectivity index (χ4v) is 2.10. The molecule has 0 unspecified atom stereocenters. The molecule has 2 aromatic rings. The molecule has 0 atom stereocenters. The van der Waals surface area contributed by atoms with Gasteiger partial charge in [0.15, 0.2) is 5.13 Å². The van der Waals surface area contributed by atoms with Gasteiger partial charge in [0.1, 0.15) is 16.7 Å². The molecule has 2 heterocycles. The number of hydrogen-bond acceptors (Lipinski definition) is 5. The van der Waals surface area contributed by atoms with Gasteiger partial charge < -0.3 is 3.53 Å². The van der Waals surface area contributed by atoms with Gasteiger partial charge in [-0.15, -0.1) is 0 Å². The lowest BCUT2D eigenvalue weighted by atomic mass is 10.4. The average molecular weight is 292 g/mol. The van der Waals surface area contributed by atoms with E-state index in [1.165, 1.54) is 11.3 Å². The predicted octanol–water partition coefficient (Wildman–Crippen LogP) is 2.16. The lowest BCUT2D eigenvalue weighted by molar-refractivity contribution is 1.15. The van der Waals surface area contributed by atoms with Gasteiger partial charge in [-0.2, -0.15) is 0 Å². The number of rotatable bonds is 1. The number of thiazole rings is 1. The molecule has 1 N–H and O–H groups in total. The number of aryl methyl sites for hydroxylation is 1. The highest BCUT2D eigenvalue weighted by Crippen LogP contribution is 2.25. The van der Waals surface area contributed by atoms with Crippen LogP contribution in [0.15, 0.2) is 6.33 Å². The van der Waals surface area contributed by atoms with E-state index in [0.29, 0.717) is 0 Å². The van der Waals surface area contributed by atoms with Gasteiger partial charge >= 0.3 is 0 Å². The Kier molecular flexibility index (Phi) is 2.09. The maximum absolute atomic E-state index is 4.31. The molecular weight excluding hydrogens is 287 g/mol. The lowest BCUT2D eigenvalue weighted by Crippen LogP contribution is -1.84. The summed E-state index contributed by atoms with van der Waals surface area (Å²) in [5, 5.41) is 0.870. The molecule has 2 aromatic heterocycles. The largest absolute Gasteiger partial charge is 0.304 e. The van der Waals surface area contributed by atoms with Gasteiger partial charge in [0.05, 0.1) is 28.6 Å². The first-order valence-electron chi connectivity index (χ1n) is 3.26. The minimum absolute atomic E-state index is 0.870. The Hall–Kier alpha value is -0.500. The van der Waals surface area contributed by atoms with Crippen molar-refractivity contribution >= 4 is 49.7 Å². The smallest absolute Gasteiger partial charge is 0.194 e. The molecule has 4 nitrogen and oxygen atoms in total. The number of nitrogens with one attached hydrogen (secondary N) is 1. The SMILES string of the molecule is Cc1ncnc2sc(NI)nc12. The summed E-state index contributed by atoms with van der Waals surface area (Å²) >= 11 is 3.58. The van der Waals surface area contributed by atoms with Gasteiger partial charge in [-0.3, -0.25) is 0 Å². The molecule has 0 aromatic carbocycles. The van der Waals surface area contributed by atoms with E-state index in [-0.39, 0.29) is 0 Å². The molecule has 0 amide bonds. The van der Waals surface area contributed by atoms with Crippen molar-refractivity contribution in [3.8, 4) is 0 Å². The normalized spacial score (nSPS) is 10.5. The highest BCUT2D eigenvalue weighted by atomic mass is 127. The van der Waals surface area contributed by atoms with E-state index >= 15 is 0 Å². The van der Waals surface area contributed by atoms with Crippen LogP contribution in [0.4, 0.5) is 5.13 Å². The number of aromatic nitrogens is 3. The Balaban J connectivity index is 2.74. The van der Waals surface area contributed by atoms with Crippen LogP contribution >= 0.6 is 34.2 Å². The maximum atomic E-state index is 4.31. The summed E-state index contributed by atoms with van der Waals surface area (Å²) in [6.07, 6.45) is 1.56. The van der Waals surface area contributed by atoms with Gasteiger partial charge in [-0.05, 0) is 6.92 Å². The third-order valence-corrected chi connectivity index (χ3v) is 3.21. The molecule has 0 saturated heterocycles. The second-order valence-corrected chi connectivity index (χ2v) is 3.74. The van der Waals surface area contributed by atoms with Crippen LogP contribution in [0.1, 0.15) is 5.69 Å². The first-order chi connectivity index (χ1) is 5.81. The Labute approximate surface area is 86.9 Å². The summed E-state index contributed by atoms with van der Waals surface area (Å²) in [4.78, 5) is 13.4. The quantitative estimate of drug-likeness (QED) is 0.646. The van der Waals surface area contributed by atoms with Crippen molar-refractivity contribution in [2.45, 2.75) is 6.92 Å². The molecule has 0 fully saturated rings. The standard InChI is InChI=1S/C6H5IN4S/c1-3-4-5(9-2-8-3)12-6(10-4)11-7/h2H,1H3,(H,10,11). The summed E-state index contributed by atoms with van der Waals surface area (Å²) in [6.45, 7) is 1.93. The number of fused-ring (bicyclic) bond motifs is 1. The van der Waals surface area contributed by atoms with Crippen LogP contribution < -0.4 is 3.53 Å². The summed E-state index contributed by atoms with van der Waals surface area (Å²) < 4.78 is 2.95. The molecule has 2 rings (SSSR count). The summed E-state index contributed by atoms with van der Waals surface area (Å²) in [6, 6.07) is 0. The zero-order valence-electron chi connectivity index (χ0n) is 6.21. The summed E-state index contributed by atoms with van der Waals surface area (Å²) in [7, 11) is 0. The zero-order chi connectivity index (χ0) is 8.55. The van der Waals surface area contributed by atoms with Crippen LogP contribution in [-0.2, 0) is 0 Å². The molecular formula is C6H5IN4S. The number of nitrogens with zero attached hydrogens (tertiary/aromatic N) is 3. The van der Waals surface area contributed by atoms with Crippen LogP contribution in [-0.4, -0.2) is 15.0 Å². The van der Waals surface area contributed by atoms with Crippen molar-refractivity contribution in [1.29, 1.82) is 0 Å². The third-order valence-electron chi connectivity index (χ3n) is 1.46. The van der Waals surface area contributed by atoms with E-state index < -0.39 is 0 Å². The van der Waals surface area contributed by atoms with Crippen molar-refractivity contribution in [2.75, 3.05) is 3.53 Å². The van der Waals surface area contributed by atoms with E-state index in [4.69, 9.17) is 0 Å². The molecule has 0 aliphatic carbocycles. The second-order valence-electron chi connectivity index (χ2n) is 2.23. The number of hydrogen-bond donors (Lipinski definition) is 1. The predicted molar refractivity (Wildman–Crippen MR) is 57.6 cm³/mol. The molecule has 0 spiro atoms. The van der Waals surface area contributed by atoms with Gasteiger partial charge in [0.2, 0.25) is 0 Å². The van der Waals surface area contributed by atoms with Gasteiger partial charge in [-0.1, -0.05) is 11.3 Å². The summed E-state index contributed by atoms with van der Waals surface area (Å²) in [5.41, 5.74) is 1.82. The van der Waals surface area contributed by atoms with Crippen LogP contribution in [0, 0.1) is 6.92 Å². The van der Waals surface area contributed by atoms with Gasteiger partial charge in [-0.25, -0.2) is 15.0 Å². The van der Waals surface area contributed by atoms with E-state index in [1.54, 1.807) is 6.33 Å². The Morgan fingerprint density at radius 1 is 1.50 bits per heavy atom. The highest BCUT2D eigenvalue weighted by Gasteiger charge is 2.05. The zero-order valence-corrected chi connectivity index (χ0v) is 9.18. The van der Waals surface area contributed by atoms with Crippen molar-refractivity contribution < 1.29 is 0 Å². The molecule has 0 aliphatic rings. The number of halogens is 1. The fraction of sp³-hybridized carbons (Fsp3) is 0.167. The number of anilines is 1. The van der Waals surface area contributed by atoms with Crippen molar-refractivity contribution in [3.05, 3.63) is 12.0 Å². The molecule has 6 heteroatoms. The molecule has 62 valence electrons. The lowest BCUT2D eigenvalue weighted by Gasteiger charge is -1.88. The van der Waals surface area contributed by atoms with Gasteiger partial charge in [0.25, 0.3) is 0 Å². The van der Waals surface area contributed by atoms with Crippen LogP contribution in [0.5, 0.6) is 0 Å². The van der Waals surface area contributed by atoms with Gasteiger partial charge in [0, 0.05) is 0 Å². The topological polar surface area (TPSA) is 50.7 Å².